The fourth-order valence-corrected chi connectivity index (χ4v) is 1.20. The molecule has 0 saturated carbocycles. The summed E-state index contributed by atoms with van der Waals surface area (Å²) >= 11 is 5.69. The molecule has 0 fully saturated rings. The molecule has 3 N–H and O–H groups in total. The van der Waals surface area contributed by atoms with Crippen molar-refractivity contribution in [1.29, 1.82) is 0 Å². The van der Waals surface area contributed by atoms with Gasteiger partial charge in [0, 0.05) is 11.8 Å². The van der Waals surface area contributed by atoms with Gasteiger partial charge in [0.25, 0.3) is 0 Å². The number of nitrogen functional groups attached to an aromatic ring is 1. The molecule has 1 amide bonds. The lowest BCUT2D eigenvalue weighted by Gasteiger charge is -1.94. The summed E-state index contributed by atoms with van der Waals surface area (Å²) in [6.45, 7) is 0. The van der Waals surface area contributed by atoms with Crippen molar-refractivity contribution in [3.63, 3.8) is 0 Å². The van der Waals surface area contributed by atoms with E-state index in [4.69, 9.17) is 21.9 Å². The topological polar surface area (TPSA) is 107 Å². The molecule has 2 rings (SSSR count). The maximum atomic E-state index is 11.1. The largest absolute Gasteiger partial charge is 0.412 e. The van der Waals surface area contributed by atoms with E-state index in [2.05, 4.69) is 15.2 Å². The lowest BCUT2D eigenvalue weighted by Crippen LogP contribution is -2.30. The first-order chi connectivity index (χ1) is 7.70. The SMILES string of the molecule is NNC(=O)c1nnc(-c2ccnc(Cl)c2)o1. The molecular formula is C8H6ClN5O2. The Balaban J connectivity index is 2.35. The third-order valence-electron chi connectivity index (χ3n) is 1.72. The highest BCUT2D eigenvalue weighted by Crippen LogP contribution is 2.19. The molecule has 82 valence electrons. The summed E-state index contributed by atoms with van der Waals surface area (Å²) < 4.78 is 5.08. The molecular weight excluding hydrogens is 234 g/mol. The molecule has 2 aromatic heterocycles. The van der Waals surface area contributed by atoms with Gasteiger partial charge in [0.1, 0.15) is 5.15 Å². The number of rotatable bonds is 2. The van der Waals surface area contributed by atoms with Crippen LogP contribution in [0.1, 0.15) is 10.7 Å². The second kappa shape index (κ2) is 4.25. The maximum Gasteiger partial charge on any atom is 0.322 e. The van der Waals surface area contributed by atoms with Crippen molar-refractivity contribution in [2.45, 2.75) is 0 Å². The minimum absolute atomic E-state index is 0.169. The van der Waals surface area contributed by atoms with E-state index in [-0.39, 0.29) is 11.8 Å². The number of carbonyl (C=O) groups is 1. The van der Waals surface area contributed by atoms with Crippen LogP contribution >= 0.6 is 11.6 Å². The van der Waals surface area contributed by atoms with E-state index < -0.39 is 5.91 Å². The molecule has 0 aliphatic heterocycles. The van der Waals surface area contributed by atoms with Crippen LogP contribution in [-0.2, 0) is 0 Å². The van der Waals surface area contributed by atoms with E-state index in [9.17, 15) is 4.79 Å². The minimum atomic E-state index is -0.654. The average Bonchev–Trinajstić information content (AvgIpc) is 2.77. The maximum absolute atomic E-state index is 11.1. The Labute approximate surface area is 94.6 Å². The van der Waals surface area contributed by atoms with Gasteiger partial charge in [-0.3, -0.25) is 10.2 Å². The summed E-state index contributed by atoms with van der Waals surface area (Å²) in [5.41, 5.74) is 2.46. The van der Waals surface area contributed by atoms with Gasteiger partial charge in [0.2, 0.25) is 5.89 Å². The summed E-state index contributed by atoms with van der Waals surface area (Å²) in [4.78, 5) is 14.9. The number of amides is 1. The number of pyridine rings is 1. The first-order valence-electron chi connectivity index (χ1n) is 4.17. The standard InChI is InChI=1S/C8H6ClN5O2/c9-5-3-4(1-2-11-5)7-13-14-8(16-7)6(15)12-10/h1-3H,10H2,(H,12,15). The highest BCUT2D eigenvalue weighted by Gasteiger charge is 2.14. The molecule has 16 heavy (non-hydrogen) atoms. The number of hydrazine groups is 1. The van der Waals surface area contributed by atoms with Gasteiger partial charge >= 0.3 is 11.8 Å². The minimum Gasteiger partial charge on any atom is -0.412 e. The van der Waals surface area contributed by atoms with Gasteiger partial charge in [-0.2, -0.15) is 0 Å². The molecule has 0 atom stereocenters. The number of hydrogen-bond donors (Lipinski definition) is 2. The predicted molar refractivity (Wildman–Crippen MR) is 54.2 cm³/mol. The van der Waals surface area contributed by atoms with E-state index in [1.807, 2.05) is 5.43 Å². The normalized spacial score (nSPS) is 10.1. The number of hydrogen-bond acceptors (Lipinski definition) is 6. The molecule has 8 heteroatoms. The molecule has 0 spiro atoms. The summed E-state index contributed by atoms with van der Waals surface area (Å²) in [6, 6.07) is 3.17. The van der Waals surface area contributed by atoms with Crippen molar-refractivity contribution in [1.82, 2.24) is 20.6 Å². The van der Waals surface area contributed by atoms with Crippen LogP contribution in [0.3, 0.4) is 0 Å². The molecule has 0 unspecified atom stereocenters. The Hall–Kier alpha value is -1.99. The number of carbonyl (C=O) groups excluding carboxylic acids is 1. The zero-order chi connectivity index (χ0) is 11.5. The van der Waals surface area contributed by atoms with Crippen LogP contribution in [0.4, 0.5) is 0 Å². The number of aromatic nitrogens is 3. The van der Waals surface area contributed by atoms with Gasteiger partial charge in [-0.05, 0) is 12.1 Å². The predicted octanol–water partition coefficient (Wildman–Crippen LogP) is 0.388. The van der Waals surface area contributed by atoms with E-state index in [1.54, 1.807) is 12.1 Å². The average molecular weight is 240 g/mol. The highest BCUT2D eigenvalue weighted by atomic mass is 35.5. The zero-order valence-corrected chi connectivity index (χ0v) is 8.60. The summed E-state index contributed by atoms with van der Waals surface area (Å²) in [7, 11) is 0. The molecule has 2 heterocycles. The van der Waals surface area contributed by atoms with Gasteiger partial charge in [-0.25, -0.2) is 10.8 Å². The van der Waals surface area contributed by atoms with Crippen molar-refractivity contribution >= 4 is 17.5 Å². The zero-order valence-electron chi connectivity index (χ0n) is 7.85. The van der Waals surface area contributed by atoms with Gasteiger partial charge < -0.3 is 4.42 Å². The van der Waals surface area contributed by atoms with Gasteiger partial charge in [0.15, 0.2) is 0 Å². The Morgan fingerprint density at radius 3 is 3.00 bits per heavy atom. The number of nitrogens with one attached hydrogen (secondary N) is 1. The molecule has 0 aliphatic rings. The molecule has 0 bridgehead atoms. The lowest BCUT2D eigenvalue weighted by molar-refractivity contribution is 0.0919. The number of nitrogens with two attached hydrogens (primary N) is 1. The fraction of sp³-hybridized carbons (Fsp3) is 0. The summed E-state index contributed by atoms with van der Waals surface area (Å²) in [6.07, 6.45) is 1.49. The molecule has 0 aliphatic carbocycles. The van der Waals surface area contributed by atoms with Crippen molar-refractivity contribution in [2.24, 2.45) is 5.84 Å². The highest BCUT2D eigenvalue weighted by molar-refractivity contribution is 6.29. The van der Waals surface area contributed by atoms with Crippen LogP contribution in [0.5, 0.6) is 0 Å². The Kier molecular flexibility index (Phi) is 2.80. The number of nitrogens with zero attached hydrogens (tertiary/aromatic N) is 3. The summed E-state index contributed by atoms with van der Waals surface area (Å²) in [5, 5.41) is 7.49. The van der Waals surface area contributed by atoms with Crippen LogP contribution in [0.25, 0.3) is 11.5 Å². The molecule has 0 aromatic carbocycles. The van der Waals surface area contributed by atoms with Crippen molar-refractivity contribution in [3.8, 4) is 11.5 Å². The fourth-order valence-electron chi connectivity index (χ4n) is 1.03. The van der Waals surface area contributed by atoms with E-state index in [1.165, 1.54) is 6.20 Å². The quantitative estimate of drug-likeness (QED) is 0.340. The van der Waals surface area contributed by atoms with Crippen LogP contribution < -0.4 is 11.3 Å². The van der Waals surface area contributed by atoms with Crippen LogP contribution in [0.15, 0.2) is 22.7 Å². The second-order valence-corrected chi connectivity index (χ2v) is 3.14. The number of halogens is 1. The van der Waals surface area contributed by atoms with Gasteiger partial charge in [-0.1, -0.05) is 11.6 Å². The van der Waals surface area contributed by atoms with Crippen molar-refractivity contribution in [2.75, 3.05) is 0 Å². The smallest absolute Gasteiger partial charge is 0.322 e. The van der Waals surface area contributed by atoms with Gasteiger partial charge in [-0.15, -0.1) is 10.2 Å². The third kappa shape index (κ3) is 2.00. The Morgan fingerprint density at radius 2 is 2.31 bits per heavy atom. The van der Waals surface area contributed by atoms with Crippen LogP contribution in [0.2, 0.25) is 5.15 Å². The summed E-state index contributed by atoms with van der Waals surface area (Å²) in [5.74, 6) is 4.22. The van der Waals surface area contributed by atoms with Gasteiger partial charge in [0.05, 0.1) is 0 Å². The first-order valence-corrected chi connectivity index (χ1v) is 4.55. The van der Waals surface area contributed by atoms with Crippen molar-refractivity contribution < 1.29 is 9.21 Å². The van der Waals surface area contributed by atoms with Crippen LogP contribution in [0, 0.1) is 0 Å². The molecule has 0 saturated heterocycles. The first kappa shape index (κ1) is 10.5. The van der Waals surface area contributed by atoms with E-state index >= 15 is 0 Å². The van der Waals surface area contributed by atoms with Crippen LogP contribution in [-0.4, -0.2) is 21.1 Å². The van der Waals surface area contributed by atoms with E-state index in [0.717, 1.165) is 0 Å². The Bertz CT molecular complexity index is 527. The van der Waals surface area contributed by atoms with E-state index in [0.29, 0.717) is 10.7 Å². The monoisotopic (exact) mass is 239 g/mol. The molecule has 2 aromatic rings. The lowest BCUT2D eigenvalue weighted by atomic mass is 10.3. The third-order valence-corrected chi connectivity index (χ3v) is 1.93. The Morgan fingerprint density at radius 1 is 1.50 bits per heavy atom. The van der Waals surface area contributed by atoms with Crippen molar-refractivity contribution in [3.05, 3.63) is 29.4 Å². The molecule has 7 nitrogen and oxygen atoms in total. The second-order valence-electron chi connectivity index (χ2n) is 2.75. The molecule has 0 radical (unpaired) electrons.